The number of nitrogens with one attached hydrogen (secondary N) is 1. The molecule has 0 unspecified atom stereocenters. The summed E-state index contributed by atoms with van der Waals surface area (Å²) in [5.74, 6) is -0.108. The minimum atomic E-state index is -4.37. The predicted molar refractivity (Wildman–Crippen MR) is 126 cm³/mol. The Morgan fingerprint density at radius 2 is 1.51 bits per heavy atom. The third-order valence-electron chi connectivity index (χ3n) is 6.41. The van der Waals surface area contributed by atoms with Crippen LogP contribution in [0.3, 0.4) is 0 Å². The number of hydrogen-bond donors (Lipinski definition) is 1. The molecule has 0 spiro atoms. The van der Waals surface area contributed by atoms with Crippen molar-refractivity contribution in [1.29, 1.82) is 0 Å². The minimum Gasteiger partial charge on any atom is -0.335 e. The van der Waals surface area contributed by atoms with Crippen molar-refractivity contribution < 1.29 is 22.8 Å². The summed E-state index contributed by atoms with van der Waals surface area (Å²) in [4.78, 5) is 32.9. The van der Waals surface area contributed by atoms with Crippen molar-refractivity contribution in [2.24, 2.45) is 0 Å². The van der Waals surface area contributed by atoms with Crippen LogP contribution in [0.4, 0.5) is 13.2 Å². The van der Waals surface area contributed by atoms with Gasteiger partial charge in [0.25, 0.3) is 11.8 Å². The van der Waals surface area contributed by atoms with E-state index in [9.17, 15) is 22.8 Å². The van der Waals surface area contributed by atoms with Gasteiger partial charge < -0.3 is 15.1 Å². The van der Waals surface area contributed by atoms with Crippen LogP contribution >= 0.6 is 11.3 Å². The highest BCUT2D eigenvalue weighted by atomic mass is 32.1. The Labute approximate surface area is 204 Å². The fourth-order valence-corrected chi connectivity index (χ4v) is 5.07. The Balaban J connectivity index is 1.11. The number of hydrogen-bond acceptors (Lipinski definition) is 5. The average Bonchev–Trinajstić information content (AvgIpc) is 3.53. The standard InChI is InChI=1S/C25H23F3N4O2S/c26-25(27,28)19-7-5-17(6-8-19)16-1-3-18(4-2-16)23(33)32-14-21(15-32)30-20-9-11-31(13-20)24(34)22-29-10-12-35-22/h1-8,10,12,20-21,30H,9,11,13-15H2/t20-/m0/s1. The van der Waals surface area contributed by atoms with Crippen LogP contribution in [0.25, 0.3) is 11.1 Å². The first-order chi connectivity index (χ1) is 16.8. The second-order valence-electron chi connectivity index (χ2n) is 8.80. The van der Waals surface area contributed by atoms with Gasteiger partial charge in [0.1, 0.15) is 0 Å². The molecule has 0 aliphatic carbocycles. The van der Waals surface area contributed by atoms with Crippen molar-refractivity contribution in [3.8, 4) is 11.1 Å². The molecule has 2 aliphatic rings. The van der Waals surface area contributed by atoms with E-state index < -0.39 is 11.7 Å². The van der Waals surface area contributed by atoms with Crippen LogP contribution < -0.4 is 5.32 Å². The summed E-state index contributed by atoms with van der Waals surface area (Å²) in [6.45, 7) is 2.51. The number of halogens is 3. The van der Waals surface area contributed by atoms with Gasteiger partial charge in [0.05, 0.1) is 5.56 Å². The second kappa shape index (κ2) is 9.43. The molecule has 35 heavy (non-hydrogen) atoms. The zero-order chi connectivity index (χ0) is 24.6. The lowest BCUT2D eigenvalue weighted by Crippen LogP contribution is -2.62. The molecule has 2 aliphatic heterocycles. The third kappa shape index (κ3) is 5.08. The van der Waals surface area contributed by atoms with Crippen LogP contribution in [0.15, 0.2) is 60.1 Å². The molecule has 10 heteroatoms. The molecular formula is C25H23F3N4O2S. The third-order valence-corrected chi connectivity index (χ3v) is 7.17. The fourth-order valence-electron chi connectivity index (χ4n) is 4.47. The minimum absolute atomic E-state index is 0.0329. The van der Waals surface area contributed by atoms with Gasteiger partial charge in [-0.15, -0.1) is 11.3 Å². The Morgan fingerprint density at radius 1 is 0.886 bits per heavy atom. The van der Waals surface area contributed by atoms with Crippen LogP contribution in [0.5, 0.6) is 0 Å². The van der Waals surface area contributed by atoms with Crippen LogP contribution in [0.2, 0.25) is 0 Å². The molecule has 182 valence electrons. The van der Waals surface area contributed by atoms with Gasteiger partial charge in [-0.2, -0.15) is 13.2 Å². The Hall–Kier alpha value is -3.24. The van der Waals surface area contributed by atoms with E-state index in [4.69, 9.17) is 0 Å². The maximum absolute atomic E-state index is 12.8. The van der Waals surface area contributed by atoms with Gasteiger partial charge in [-0.1, -0.05) is 24.3 Å². The monoisotopic (exact) mass is 500 g/mol. The molecule has 0 saturated carbocycles. The largest absolute Gasteiger partial charge is 0.416 e. The molecule has 0 bridgehead atoms. The lowest BCUT2D eigenvalue weighted by molar-refractivity contribution is -0.137. The van der Waals surface area contributed by atoms with Gasteiger partial charge in [-0.25, -0.2) is 4.98 Å². The van der Waals surface area contributed by atoms with E-state index in [2.05, 4.69) is 10.3 Å². The Kier molecular flexibility index (Phi) is 6.33. The highest BCUT2D eigenvalue weighted by molar-refractivity contribution is 7.11. The van der Waals surface area contributed by atoms with Crippen molar-refractivity contribution in [2.75, 3.05) is 26.2 Å². The SMILES string of the molecule is O=C(c1ccc(-c2ccc(C(F)(F)F)cc2)cc1)N1CC(N[C@H]2CCN(C(=O)c3nccs3)C2)C1. The number of amides is 2. The normalized spacial score (nSPS) is 18.5. The van der Waals surface area contributed by atoms with E-state index in [1.54, 1.807) is 40.7 Å². The van der Waals surface area contributed by atoms with Crippen LogP contribution in [0, 0.1) is 0 Å². The number of thiazole rings is 1. The molecule has 3 heterocycles. The molecule has 1 atom stereocenters. The quantitative estimate of drug-likeness (QED) is 0.572. The number of likely N-dealkylation sites (tertiary alicyclic amines) is 2. The van der Waals surface area contributed by atoms with Crippen molar-refractivity contribution in [2.45, 2.75) is 24.7 Å². The molecule has 2 saturated heterocycles. The highest BCUT2D eigenvalue weighted by Crippen LogP contribution is 2.31. The summed E-state index contributed by atoms with van der Waals surface area (Å²) in [5.41, 5.74) is 1.26. The molecule has 3 aromatic rings. The first kappa shape index (κ1) is 23.5. The molecular weight excluding hydrogens is 477 g/mol. The maximum Gasteiger partial charge on any atom is 0.416 e. The molecule has 2 aromatic carbocycles. The van der Waals surface area contributed by atoms with Gasteiger partial charge in [-0.05, 0) is 41.8 Å². The first-order valence-electron chi connectivity index (χ1n) is 11.3. The van der Waals surface area contributed by atoms with Crippen LogP contribution in [-0.4, -0.2) is 64.9 Å². The summed E-state index contributed by atoms with van der Waals surface area (Å²) >= 11 is 1.34. The number of nitrogens with zero attached hydrogens (tertiary/aromatic N) is 3. The summed E-state index contributed by atoms with van der Waals surface area (Å²) < 4.78 is 38.3. The fraction of sp³-hybridized carbons (Fsp3) is 0.320. The molecule has 1 aromatic heterocycles. The average molecular weight is 501 g/mol. The molecule has 6 nitrogen and oxygen atoms in total. The lowest BCUT2D eigenvalue weighted by atomic mass is 10.0. The number of alkyl halides is 3. The topological polar surface area (TPSA) is 65.5 Å². The first-order valence-corrected chi connectivity index (χ1v) is 12.2. The van der Waals surface area contributed by atoms with E-state index in [1.165, 1.54) is 23.5 Å². The molecule has 5 rings (SSSR count). The van der Waals surface area contributed by atoms with E-state index in [1.807, 2.05) is 4.90 Å². The Morgan fingerprint density at radius 3 is 2.11 bits per heavy atom. The zero-order valence-corrected chi connectivity index (χ0v) is 19.5. The van der Waals surface area contributed by atoms with E-state index in [0.29, 0.717) is 42.3 Å². The summed E-state index contributed by atoms with van der Waals surface area (Å²) in [6.07, 6.45) is -1.87. The lowest BCUT2D eigenvalue weighted by Gasteiger charge is -2.41. The molecule has 1 N–H and O–H groups in total. The van der Waals surface area contributed by atoms with Crippen molar-refractivity contribution >= 4 is 23.2 Å². The molecule has 0 radical (unpaired) electrons. The van der Waals surface area contributed by atoms with Crippen molar-refractivity contribution in [3.63, 3.8) is 0 Å². The van der Waals surface area contributed by atoms with Crippen LogP contribution in [-0.2, 0) is 6.18 Å². The summed E-state index contributed by atoms with van der Waals surface area (Å²) in [5, 5.41) is 5.85. The summed E-state index contributed by atoms with van der Waals surface area (Å²) in [7, 11) is 0. The van der Waals surface area contributed by atoms with E-state index in [-0.39, 0.29) is 23.9 Å². The van der Waals surface area contributed by atoms with Gasteiger partial charge in [0, 0.05) is 55.4 Å². The number of aromatic nitrogens is 1. The van der Waals surface area contributed by atoms with Gasteiger partial charge in [0.15, 0.2) is 5.01 Å². The second-order valence-corrected chi connectivity index (χ2v) is 9.69. The summed E-state index contributed by atoms with van der Waals surface area (Å²) in [6, 6.07) is 12.3. The van der Waals surface area contributed by atoms with Crippen molar-refractivity contribution in [1.82, 2.24) is 20.1 Å². The maximum atomic E-state index is 12.8. The number of benzene rings is 2. The smallest absolute Gasteiger partial charge is 0.335 e. The van der Waals surface area contributed by atoms with Gasteiger partial charge in [0.2, 0.25) is 0 Å². The number of carbonyl (C=O) groups excluding carboxylic acids is 2. The van der Waals surface area contributed by atoms with Crippen LogP contribution in [0.1, 0.15) is 32.1 Å². The van der Waals surface area contributed by atoms with Gasteiger partial charge in [-0.3, -0.25) is 9.59 Å². The molecule has 2 fully saturated rings. The van der Waals surface area contributed by atoms with Gasteiger partial charge >= 0.3 is 6.18 Å². The predicted octanol–water partition coefficient (Wildman–Crippen LogP) is 4.16. The number of rotatable bonds is 5. The zero-order valence-electron chi connectivity index (χ0n) is 18.7. The molecule has 2 amide bonds. The number of carbonyl (C=O) groups is 2. The van der Waals surface area contributed by atoms with Crippen molar-refractivity contribution in [3.05, 3.63) is 76.2 Å². The van der Waals surface area contributed by atoms with E-state index >= 15 is 0 Å². The van der Waals surface area contributed by atoms with E-state index in [0.717, 1.165) is 24.1 Å². The Bertz CT molecular complexity index is 1190. The highest BCUT2D eigenvalue weighted by Gasteiger charge is 2.35.